The topological polar surface area (TPSA) is 26.3 Å². The zero-order chi connectivity index (χ0) is 18.6. The molecule has 0 amide bonds. The number of hydrogen-bond donors (Lipinski definition) is 0. The average molecular weight is 357 g/mol. The SMILES string of the molecule is Cc1cccc(C)c1C(OCC(=O)SC(C)C)c1c(C)cccc1C. The second kappa shape index (κ2) is 8.68. The largest absolute Gasteiger partial charge is 0.360 e. The van der Waals surface area contributed by atoms with Crippen LogP contribution in [0.2, 0.25) is 0 Å². The molecule has 0 aliphatic heterocycles. The average Bonchev–Trinajstić information content (AvgIpc) is 2.50. The first-order valence-corrected chi connectivity index (χ1v) is 9.62. The molecular formula is C22H28O2S. The van der Waals surface area contributed by atoms with Crippen LogP contribution in [0.15, 0.2) is 36.4 Å². The molecule has 0 spiro atoms. The standard InChI is InChI=1S/C22H28O2S/c1-14(2)25-19(23)13-24-22(20-15(3)9-7-10-16(20)4)21-17(5)11-8-12-18(21)6/h7-12,14,22H,13H2,1-6H3. The van der Waals surface area contributed by atoms with Crippen LogP contribution in [0.25, 0.3) is 0 Å². The summed E-state index contributed by atoms with van der Waals surface area (Å²) >= 11 is 1.34. The van der Waals surface area contributed by atoms with Gasteiger partial charge in [-0.25, -0.2) is 0 Å². The van der Waals surface area contributed by atoms with Crippen LogP contribution in [0.5, 0.6) is 0 Å². The van der Waals surface area contributed by atoms with Crippen molar-refractivity contribution in [3.63, 3.8) is 0 Å². The predicted octanol–water partition coefficient (Wildman–Crippen LogP) is 5.69. The molecule has 25 heavy (non-hydrogen) atoms. The molecule has 0 saturated heterocycles. The highest BCUT2D eigenvalue weighted by molar-refractivity contribution is 8.14. The summed E-state index contributed by atoms with van der Waals surface area (Å²) in [6.45, 7) is 12.6. The molecule has 2 rings (SSSR count). The van der Waals surface area contributed by atoms with Gasteiger partial charge in [0.25, 0.3) is 0 Å². The third-order valence-electron chi connectivity index (χ3n) is 4.34. The van der Waals surface area contributed by atoms with Gasteiger partial charge < -0.3 is 4.74 Å². The highest BCUT2D eigenvalue weighted by atomic mass is 32.2. The minimum Gasteiger partial charge on any atom is -0.360 e. The minimum atomic E-state index is -0.223. The van der Waals surface area contributed by atoms with Gasteiger partial charge >= 0.3 is 0 Å². The molecule has 0 aliphatic carbocycles. The Balaban J connectivity index is 2.44. The number of ether oxygens (including phenoxy) is 1. The molecule has 2 nitrogen and oxygen atoms in total. The summed E-state index contributed by atoms with van der Waals surface area (Å²) in [7, 11) is 0. The zero-order valence-electron chi connectivity index (χ0n) is 16.1. The van der Waals surface area contributed by atoms with Crippen molar-refractivity contribution < 1.29 is 9.53 Å². The number of carbonyl (C=O) groups is 1. The lowest BCUT2D eigenvalue weighted by Crippen LogP contribution is -2.17. The van der Waals surface area contributed by atoms with Crippen LogP contribution in [0, 0.1) is 27.7 Å². The Hall–Kier alpha value is -1.58. The fraction of sp³-hybridized carbons (Fsp3) is 0.409. The van der Waals surface area contributed by atoms with Gasteiger partial charge in [-0.2, -0.15) is 0 Å². The summed E-state index contributed by atoms with van der Waals surface area (Å²) in [5.41, 5.74) is 7.10. The van der Waals surface area contributed by atoms with Gasteiger partial charge in [-0.3, -0.25) is 4.79 Å². The van der Waals surface area contributed by atoms with Crippen LogP contribution in [0.3, 0.4) is 0 Å². The molecule has 0 bridgehead atoms. The van der Waals surface area contributed by atoms with E-state index in [1.807, 2.05) is 13.8 Å². The summed E-state index contributed by atoms with van der Waals surface area (Å²) in [6, 6.07) is 12.6. The van der Waals surface area contributed by atoms with Crippen LogP contribution in [0.4, 0.5) is 0 Å². The second-order valence-corrected chi connectivity index (χ2v) is 8.47. The van der Waals surface area contributed by atoms with Gasteiger partial charge in [0.05, 0.1) is 0 Å². The van der Waals surface area contributed by atoms with E-state index < -0.39 is 0 Å². The predicted molar refractivity (Wildman–Crippen MR) is 107 cm³/mol. The Morgan fingerprint density at radius 3 is 1.64 bits per heavy atom. The van der Waals surface area contributed by atoms with E-state index in [2.05, 4.69) is 64.1 Å². The monoisotopic (exact) mass is 356 g/mol. The molecule has 0 aliphatic rings. The molecule has 0 atom stereocenters. The normalized spacial score (nSPS) is 11.4. The Labute approximate surface area is 156 Å². The van der Waals surface area contributed by atoms with Crippen molar-refractivity contribution in [2.24, 2.45) is 0 Å². The molecular weight excluding hydrogens is 328 g/mol. The van der Waals surface area contributed by atoms with E-state index in [1.165, 1.54) is 45.1 Å². The van der Waals surface area contributed by atoms with Crippen LogP contribution in [-0.4, -0.2) is 17.0 Å². The third kappa shape index (κ3) is 4.96. The Morgan fingerprint density at radius 2 is 1.28 bits per heavy atom. The second-order valence-electron chi connectivity index (χ2n) is 6.84. The highest BCUT2D eigenvalue weighted by Crippen LogP contribution is 2.35. The number of carbonyl (C=O) groups excluding carboxylic acids is 1. The Morgan fingerprint density at radius 1 is 0.880 bits per heavy atom. The fourth-order valence-electron chi connectivity index (χ4n) is 3.24. The summed E-state index contributed by atoms with van der Waals surface area (Å²) in [4.78, 5) is 12.2. The highest BCUT2D eigenvalue weighted by Gasteiger charge is 2.23. The molecule has 0 unspecified atom stereocenters. The van der Waals surface area contributed by atoms with Gasteiger partial charge in [0, 0.05) is 5.25 Å². The van der Waals surface area contributed by atoms with E-state index in [9.17, 15) is 4.79 Å². The van der Waals surface area contributed by atoms with Crippen molar-refractivity contribution in [1.29, 1.82) is 0 Å². The lowest BCUT2D eigenvalue weighted by atomic mass is 9.89. The summed E-state index contributed by atoms with van der Waals surface area (Å²) in [5, 5.41) is 0.354. The summed E-state index contributed by atoms with van der Waals surface area (Å²) in [6.07, 6.45) is -0.223. The molecule has 0 N–H and O–H groups in total. The number of thioether (sulfide) groups is 1. The van der Waals surface area contributed by atoms with E-state index in [0.29, 0.717) is 0 Å². The van der Waals surface area contributed by atoms with E-state index in [-0.39, 0.29) is 23.1 Å². The maximum absolute atomic E-state index is 12.2. The van der Waals surface area contributed by atoms with E-state index >= 15 is 0 Å². The van der Waals surface area contributed by atoms with Crippen molar-refractivity contribution in [3.05, 3.63) is 69.8 Å². The van der Waals surface area contributed by atoms with Crippen molar-refractivity contribution in [2.45, 2.75) is 52.9 Å². The molecule has 0 aromatic heterocycles. The first kappa shape index (κ1) is 19.7. The van der Waals surface area contributed by atoms with Gasteiger partial charge in [0.15, 0.2) is 0 Å². The number of aryl methyl sites for hydroxylation is 4. The molecule has 3 heteroatoms. The number of benzene rings is 2. The van der Waals surface area contributed by atoms with E-state index in [1.54, 1.807) is 0 Å². The lowest BCUT2D eigenvalue weighted by Gasteiger charge is -2.25. The van der Waals surface area contributed by atoms with Crippen LogP contribution in [-0.2, 0) is 9.53 Å². The van der Waals surface area contributed by atoms with Crippen molar-refractivity contribution in [2.75, 3.05) is 6.61 Å². The molecule has 2 aromatic carbocycles. The summed E-state index contributed by atoms with van der Waals surface area (Å²) < 4.78 is 6.23. The van der Waals surface area contributed by atoms with E-state index in [4.69, 9.17) is 4.74 Å². The smallest absolute Gasteiger partial charge is 0.214 e. The summed E-state index contributed by atoms with van der Waals surface area (Å²) in [5.74, 6) is 0. The number of hydrogen-bond acceptors (Lipinski definition) is 3. The molecule has 0 radical (unpaired) electrons. The zero-order valence-corrected chi connectivity index (χ0v) is 16.9. The molecule has 0 fully saturated rings. The molecule has 134 valence electrons. The van der Waals surface area contributed by atoms with Gasteiger partial charge in [-0.05, 0) is 61.1 Å². The lowest BCUT2D eigenvalue weighted by molar-refractivity contribution is -0.116. The van der Waals surface area contributed by atoms with E-state index in [0.717, 1.165) is 0 Å². The van der Waals surface area contributed by atoms with Crippen LogP contribution >= 0.6 is 11.8 Å². The van der Waals surface area contributed by atoms with Gasteiger partial charge in [0.1, 0.15) is 12.7 Å². The Kier molecular flexibility index (Phi) is 6.86. The maximum atomic E-state index is 12.2. The van der Waals surface area contributed by atoms with Gasteiger partial charge in [0.2, 0.25) is 5.12 Å². The van der Waals surface area contributed by atoms with Crippen LogP contribution in [0.1, 0.15) is 53.3 Å². The first-order valence-electron chi connectivity index (χ1n) is 8.74. The maximum Gasteiger partial charge on any atom is 0.214 e. The third-order valence-corrected chi connectivity index (χ3v) is 5.20. The quantitative estimate of drug-likeness (QED) is 0.664. The first-order chi connectivity index (χ1) is 11.8. The van der Waals surface area contributed by atoms with Crippen molar-refractivity contribution in [3.8, 4) is 0 Å². The van der Waals surface area contributed by atoms with Gasteiger partial charge in [-0.1, -0.05) is 62.0 Å². The number of rotatable bonds is 6. The molecule has 0 saturated carbocycles. The van der Waals surface area contributed by atoms with Crippen molar-refractivity contribution >= 4 is 16.9 Å². The minimum absolute atomic E-state index is 0.0810. The van der Waals surface area contributed by atoms with Crippen LogP contribution < -0.4 is 0 Å². The molecule has 2 aromatic rings. The van der Waals surface area contributed by atoms with Gasteiger partial charge in [-0.15, -0.1) is 0 Å². The fourth-order valence-corrected chi connectivity index (χ4v) is 3.90. The molecule has 0 heterocycles. The Bertz CT molecular complexity index is 658. The van der Waals surface area contributed by atoms with Crippen molar-refractivity contribution in [1.82, 2.24) is 0 Å².